The Kier molecular flexibility index (Phi) is 9.68. The van der Waals surface area contributed by atoms with E-state index in [2.05, 4.69) is 26.6 Å². The molecule has 224 valence electrons. The molecule has 3 aromatic carbocycles. The molecule has 2 N–H and O–H groups in total. The molecular weight excluding hydrogens is 650 g/mol. The van der Waals surface area contributed by atoms with Gasteiger partial charge in [-0.1, -0.05) is 60.6 Å². The van der Waals surface area contributed by atoms with Crippen LogP contribution in [0.1, 0.15) is 48.6 Å². The number of aromatic nitrogens is 3. The van der Waals surface area contributed by atoms with Gasteiger partial charge in [0.05, 0.1) is 23.8 Å². The molecule has 0 spiro atoms. The molecule has 1 aliphatic rings. The average Bonchev–Trinajstić information content (AvgIpc) is 3.39. The highest BCUT2D eigenvalue weighted by Gasteiger charge is 2.35. The molecule has 1 aliphatic heterocycles. The highest BCUT2D eigenvalue weighted by atomic mass is 79.9. The molecule has 0 aliphatic carbocycles. The molecule has 2 heterocycles. The van der Waals surface area contributed by atoms with Crippen molar-refractivity contribution in [3.63, 3.8) is 0 Å². The number of nitrogens with one attached hydrogen (secondary N) is 2. The zero-order valence-electron chi connectivity index (χ0n) is 24.6. The maximum absolute atomic E-state index is 14.1. The predicted molar refractivity (Wildman–Crippen MR) is 177 cm³/mol. The molecule has 43 heavy (non-hydrogen) atoms. The summed E-state index contributed by atoms with van der Waals surface area (Å²) in [5.41, 5.74) is 5.83. The van der Waals surface area contributed by atoms with Crippen LogP contribution in [0.15, 0.2) is 75.5 Å². The van der Waals surface area contributed by atoms with Gasteiger partial charge in [-0.2, -0.15) is 4.98 Å². The van der Waals surface area contributed by atoms with Crippen LogP contribution in [0.4, 0.5) is 11.6 Å². The number of ether oxygens (including phenoxy) is 2. The van der Waals surface area contributed by atoms with Crippen LogP contribution in [0.5, 0.6) is 11.5 Å². The summed E-state index contributed by atoms with van der Waals surface area (Å²) in [4.78, 5) is 18.9. The summed E-state index contributed by atoms with van der Waals surface area (Å²) in [6.07, 6.45) is 0.854. The van der Waals surface area contributed by atoms with Gasteiger partial charge in [-0.15, -0.1) is 5.10 Å². The molecule has 0 saturated heterocycles. The predicted octanol–water partition coefficient (Wildman–Crippen LogP) is 8.33. The highest BCUT2D eigenvalue weighted by Crippen LogP contribution is 2.43. The zero-order valence-corrected chi connectivity index (χ0v) is 27.8. The summed E-state index contributed by atoms with van der Waals surface area (Å²) >= 11 is 11.6. The van der Waals surface area contributed by atoms with Crippen molar-refractivity contribution < 1.29 is 14.3 Å². The largest absolute Gasteiger partial charge is 0.493 e. The first-order valence-electron chi connectivity index (χ1n) is 13.9. The summed E-state index contributed by atoms with van der Waals surface area (Å²) in [6.45, 7) is 8.49. The summed E-state index contributed by atoms with van der Waals surface area (Å²) in [5.74, 6) is 2.06. The fourth-order valence-electron chi connectivity index (χ4n) is 4.87. The number of nitrogens with zero attached hydrogens (tertiary/aromatic N) is 3. The van der Waals surface area contributed by atoms with E-state index in [9.17, 15) is 4.79 Å². The van der Waals surface area contributed by atoms with E-state index >= 15 is 0 Å². The number of halogens is 2. The van der Waals surface area contributed by atoms with Gasteiger partial charge in [0.25, 0.3) is 5.91 Å². The Bertz CT molecular complexity index is 1710. The number of fused-ring (bicyclic) bond motifs is 1. The van der Waals surface area contributed by atoms with E-state index in [1.807, 2.05) is 82.3 Å². The number of carbonyl (C=O) groups excluding carboxylic acids is 1. The molecule has 1 unspecified atom stereocenters. The van der Waals surface area contributed by atoms with Crippen LogP contribution in [0, 0.1) is 13.8 Å². The number of rotatable bonds is 10. The van der Waals surface area contributed by atoms with E-state index in [1.165, 1.54) is 11.8 Å². The van der Waals surface area contributed by atoms with Gasteiger partial charge in [0.1, 0.15) is 6.04 Å². The first kappa shape index (κ1) is 31.0. The number of aryl methyl sites for hydroxylation is 1. The number of hydrogen-bond acceptors (Lipinski definition) is 7. The van der Waals surface area contributed by atoms with E-state index in [-0.39, 0.29) is 5.91 Å². The number of hydrogen-bond donors (Lipinski definition) is 2. The quantitative estimate of drug-likeness (QED) is 0.163. The van der Waals surface area contributed by atoms with E-state index in [0.29, 0.717) is 51.3 Å². The standard InChI is InChI=1S/C32H33BrClN5O3S/c1-6-14-42-29-23(33)15-22(16-26(29)41-5)28-27(30(40)36-25-13-9-10-18(2)19(25)3)20(4)35-31-37-32(38-39(28)31)43-17-21-11-7-8-12-24(21)34/h7-13,15-16,28H,6,14,17H2,1-5H3,(H,36,40)(H,35,37,38). The smallest absolute Gasteiger partial charge is 0.255 e. The van der Waals surface area contributed by atoms with Crippen LogP contribution in [0.3, 0.4) is 0 Å². The molecule has 1 amide bonds. The van der Waals surface area contributed by atoms with Crippen molar-refractivity contribution in [3.8, 4) is 11.5 Å². The van der Waals surface area contributed by atoms with Crippen LogP contribution in [-0.4, -0.2) is 34.4 Å². The third kappa shape index (κ3) is 6.56. The SMILES string of the molecule is CCCOc1c(Br)cc(C2C(C(=O)Nc3cccc(C)c3C)=C(C)Nc3nc(SCc4ccccc4Cl)nn32)cc1OC. The number of allylic oxidation sites excluding steroid dienone is 1. The van der Waals surface area contributed by atoms with E-state index in [1.54, 1.807) is 11.8 Å². The minimum atomic E-state index is -0.603. The maximum atomic E-state index is 14.1. The summed E-state index contributed by atoms with van der Waals surface area (Å²) in [7, 11) is 1.60. The topological polar surface area (TPSA) is 90.3 Å². The lowest BCUT2D eigenvalue weighted by Crippen LogP contribution is -2.31. The molecule has 8 nitrogen and oxygen atoms in total. The molecule has 1 aromatic heterocycles. The Balaban J connectivity index is 1.57. The van der Waals surface area contributed by atoms with Gasteiger partial charge in [0.2, 0.25) is 11.1 Å². The first-order valence-corrected chi connectivity index (χ1v) is 16.1. The van der Waals surface area contributed by atoms with Crippen LogP contribution < -0.4 is 20.1 Å². The van der Waals surface area contributed by atoms with Gasteiger partial charge < -0.3 is 20.1 Å². The van der Waals surface area contributed by atoms with Crippen molar-refractivity contribution in [1.29, 1.82) is 0 Å². The normalized spacial score (nSPS) is 14.3. The third-order valence-electron chi connectivity index (χ3n) is 7.26. The second kappa shape index (κ2) is 13.4. The second-order valence-electron chi connectivity index (χ2n) is 10.2. The molecule has 0 radical (unpaired) electrons. The van der Waals surface area contributed by atoms with Gasteiger partial charge >= 0.3 is 0 Å². The highest BCUT2D eigenvalue weighted by molar-refractivity contribution is 9.10. The lowest BCUT2D eigenvalue weighted by Gasteiger charge is -2.29. The van der Waals surface area contributed by atoms with Gasteiger partial charge in [0.15, 0.2) is 11.5 Å². The van der Waals surface area contributed by atoms with E-state index < -0.39 is 6.04 Å². The van der Waals surface area contributed by atoms with Crippen LogP contribution >= 0.6 is 39.3 Å². The molecule has 0 saturated carbocycles. The lowest BCUT2D eigenvalue weighted by molar-refractivity contribution is -0.113. The monoisotopic (exact) mass is 681 g/mol. The number of methoxy groups -OCH3 is 1. The average molecular weight is 683 g/mol. The van der Waals surface area contributed by atoms with Crippen LogP contribution in [0.2, 0.25) is 5.02 Å². The van der Waals surface area contributed by atoms with Gasteiger partial charge in [-0.05, 0) is 89.6 Å². The third-order valence-corrected chi connectivity index (χ3v) is 9.11. The maximum Gasteiger partial charge on any atom is 0.255 e. The number of anilines is 2. The fourth-order valence-corrected chi connectivity index (χ4v) is 6.56. The second-order valence-corrected chi connectivity index (χ2v) is 12.4. The van der Waals surface area contributed by atoms with Gasteiger partial charge in [-0.25, -0.2) is 4.68 Å². The Morgan fingerprint density at radius 2 is 1.95 bits per heavy atom. The lowest BCUT2D eigenvalue weighted by atomic mass is 9.94. The Hall–Kier alpha value is -3.47. The minimum Gasteiger partial charge on any atom is -0.493 e. The van der Waals surface area contributed by atoms with Crippen molar-refractivity contribution in [3.05, 3.63) is 97.6 Å². The zero-order chi connectivity index (χ0) is 30.7. The van der Waals surface area contributed by atoms with Crippen molar-refractivity contribution in [2.45, 2.75) is 51.1 Å². The summed E-state index contributed by atoms with van der Waals surface area (Å²) < 4.78 is 14.2. The Morgan fingerprint density at radius 3 is 2.70 bits per heavy atom. The van der Waals surface area contributed by atoms with Crippen LogP contribution in [-0.2, 0) is 10.5 Å². The minimum absolute atomic E-state index is 0.239. The molecule has 4 aromatic rings. The number of thioether (sulfide) groups is 1. The number of amides is 1. The fraction of sp³-hybridized carbons (Fsp3) is 0.281. The Morgan fingerprint density at radius 1 is 1.16 bits per heavy atom. The molecule has 0 bridgehead atoms. The van der Waals surface area contributed by atoms with Crippen LogP contribution in [0.25, 0.3) is 0 Å². The van der Waals surface area contributed by atoms with Gasteiger partial charge in [-0.3, -0.25) is 4.79 Å². The van der Waals surface area contributed by atoms with E-state index in [4.69, 9.17) is 31.2 Å². The molecule has 11 heteroatoms. The Labute approximate surface area is 269 Å². The summed E-state index contributed by atoms with van der Waals surface area (Å²) in [6, 6.07) is 16.8. The van der Waals surface area contributed by atoms with Gasteiger partial charge in [0, 0.05) is 22.2 Å². The molecule has 0 fully saturated rings. The first-order chi connectivity index (χ1) is 20.7. The number of benzene rings is 3. The van der Waals surface area contributed by atoms with E-state index in [0.717, 1.165) is 38.8 Å². The number of carbonyl (C=O) groups is 1. The summed E-state index contributed by atoms with van der Waals surface area (Å²) in [5, 5.41) is 12.6. The molecule has 5 rings (SSSR count). The molecular formula is C32H33BrClN5O3S. The molecule has 1 atom stereocenters. The van der Waals surface area contributed by atoms with Crippen molar-refractivity contribution in [2.75, 3.05) is 24.4 Å². The van der Waals surface area contributed by atoms with Crippen molar-refractivity contribution >= 4 is 56.8 Å². The van der Waals surface area contributed by atoms with Crippen molar-refractivity contribution in [1.82, 2.24) is 14.8 Å². The van der Waals surface area contributed by atoms with Crippen molar-refractivity contribution in [2.24, 2.45) is 0 Å².